The van der Waals surface area contributed by atoms with Gasteiger partial charge in [-0.05, 0) is 30.7 Å². The first-order valence-electron chi connectivity index (χ1n) is 4.44. The average molecular weight is 242 g/mol. The molecule has 0 aliphatic carbocycles. The number of aliphatic hydroxyl groups excluding tert-OH is 1. The summed E-state index contributed by atoms with van der Waals surface area (Å²) in [7, 11) is 0. The van der Waals surface area contributed by atoms with Gasteiger partial charge in [0.05, 0.1) is 12.1 Å². The van der Waals surface area contributed by atoms with Crippen LogP contribution in [0.3, 0.4) is 0 Å². The fraction of sp³-hybridized carbons (Fsp3) is 0.400. The molecule has 0 amide bonds. The van der Waals surface area contributed by atoms with Gasteiger partial charge in [-0.25, -0.2) is 0 Å². The highest BCUT2D eigenvalue weighted by atomic mass is 79.9. The number of nitrogens with one attached hydrogen (secondary N) is 1. The van der Waals surface area contributed by atoms with Gasteiger partial charge in [0.2, 0.25) is 0 Å². The number of rotatable bonds is 1. The lowest BCUT2D eigenvalue weighted by Crippen LogP contribution is -2.20. The van der Waals surface area contributed by atoms with Crippen molar-refractivity contribution in [3.05, 3.63) is 34.3 Å². The molecule has 3 heteroatoms. The summed E-state index contributed by atoms with van der Waals surface area (Å²) in [5, 5.41) is 12.9. The molecule has 2 N–H and O–H groups in total. The van der Waals surface area contributed by atoms with Gasteiger partial charge in [0.15, 0.2) is 0 Å². The van der Waals surface area contributed by atoms with Crippen molar-refractivity contribution in [2.45, 2.75) is 18.6 Å². The highest BCUT2D eigenvalue weighted by molar-refractivity contribution is 9.10. The van der Waals surface area contributed by atoms with Crippen molar-refractivity contribution >= 4 is 15.9 Å². The third-order valence-electron chi connectivity index (χ3n) is 2.42. The molecule has 1 aromatic carbocycles. The maximum Gasteiger partial charge on any atom is 0.0747 e. The maximum atomic E-state index is 9.64. The van der Waals surface area contributed by atoms with Crippen LogP contribution >= 0.6 is 15.9 Å². The maximum absolute atomic E-state index is 9.64. The van der Waals surface area contributed by atoms with E-state index in [4.69, 9.17) is 0 Å². The minimum Gasteiger partial charge on any atom is -0.391 e. The average Bonchev–Trinajstić information content (AvgIpc) is 2.53. The summed E-state index contributed by atoms with van der Waals surface area (Å²) in [4.78, 5) is 0. The van der Waals surface area contributed by atoms with Crippen LogP contribution in [0.25, 0.3) is 0 Å². The Morgan fingerprint density at radius 1 is 1.31 bits per heavy atom. The van der Waals surface area contributed by atoms with E-state index in [-0.39, 0.29) is 12.1 Å². The minimum atomic E-state index is -0.235. The molecule has 0 radical (unpaired) electrons. The third-order valence-corrected chi connectivity index (χ3v) is 2.95. The number of halogens is 1. The molecule has 1 fully saturated rings. The largest absolute Gasteiger partial charge is 0.391 e. The number of hydrogen-bond acceptors (Lipinski definition) is 2. The highest BCUT2D eigenvalue weighted by Crippen LogP contribution is 2.24. The van der Waals surface area contributed by atoms with Crippen LogP contribution < -0.4 is 5.32 Å². The van der Waals surface area contributed by atoms with Crippen LogP contribution in [0.1, 0.15) is 18.0 Å². The van der Waals surface area contributed by atoms with Gasteiger partial charge in [0.1, 0.15) is 0 Å². The highest BCUT2D eigenvalue weighted by Gasteiger charge is 2.25. The van der Waals surface area contributed by atoms with E-state index >= 15 is 0 Å². The summed E-state index contributed by atoms with van der Waals surface area (Å²) in [5.41, 5.74) is 1.16. The lowest BCUT2D eigenvalue weighted by Gasteiger charge is -2.14. The molecule has 0 saturated carbocycles. The van der Waals surface area contributed by atoms with Crippen LogP contribution in [0.5, 0.6) is 0 Å². The van der Waals surface area contributed by atoms with Crippen LogP contribution in [-0.4, -0.2) is 17.8 Å². The van der Waals surface area contributed by atoms with Crippen LogP contribution in [0, 0.1) is 0 Å². The molecule has 2 nitrogen and oxygen atoms in total. The van der Waals surface area contributed by atoms with E-state index in [0.29, 0.717) is 0 Å². The van der Waals surface area contributed by atoms with Gasteiger partial charge in [-0.15, -0.1) is 0 Å². The molecule has 2 atom stereocenters. The van der Waals surface area contributed by atoms with E-state index in [0.717, 1.165) is 23.0 Å². The number of benzene rings is 1. The van der Waals surface area contributed by atoms with Gasteiger partial charge < -0.3 is 10.4 Å². The number of aliphatic hydroxyl groups is 1. The van der Waals surface area contributed by atoms with Crippen molar-refractivity contribution < 1.29 is 5.11 Å². The summed E-state index contributed by atoms with van der Waals surface area (Å²) in [6.45, 7) is 0.905. The quantitative estimate of drug-likeness (QED) is 0.787. The first-order valence-corrected chi connectivity index (χ1v) is 5.23. The molecule has 1 aliphatic rings. The van der Waals surface area contributed by atoms with E-state index < -0.39 is 0 Å². The SMILES string of the molecule is O[C@H]1CCN[C@H]1c1ccc(Br)cc1. The third kappa shape index (κ3) is 1.93. The summed E-state index contributed by atoms with van der Waals surface area (Å²) in [6.07, 6.45) is 0.613. The molecule has 0 unspecified atom stereocenters. The topological polar surface area (TPSA) is 32.3 Å². The van der Waals surface area contributed by atoms with Crippen LogP contribution in [0.15, 0.2) is 28.7 Å². The second-order valence-corrected chi connectivity index (χ2v) is 4.26. The normalized spacial score (nSPS) is 27.8. The smallest absolute Gasteiger partial charge is 0.0747 e. The van der Waals surface area contributed by atoms with Crippen LogP contribution in [-0.2, 0) is 0 Å². The minimum absolute atomic E-state index is 0.119. The zero-order valence-electron chi connectivity index (χ0n) is 7.20. The van der Waals surface area contributed by atoms with Crippen molar-refractivity contribution in [2.24, 2.45) is 0 Å². The molecule has 1 aliphatic heterocycles. The Kier molecular flexibility index (Phi) is 2.67. The molecule has 70 valence electrons. The van der Waals surface area contributed by atoms with Crippen LogP contribution in [0.2, 0.25) is 0 Å². The van der Waals surface area contributed by atoms with E-state index in [1.54, 1.807) is 0 Å². The summed E-state index contributed by atoms with van der Waals surface area (Å²) >= 11 is 3.39. The van der Waals surface area contributed by atoms with E-state index in [9.17, 15) is 5.11 Å². The van der Waals surface area contributed by atoms with Crippen molar-refractivity contribution in [1.82, 2.24) is 5.32 Å². The van der Waals surface area contributed by atoms with Crippen molar-refractivity contribution in [3.8, 4) is 0 Å². The van der Waals surface area contributed by atoms with Crippen molar-refractivity contribution in [3.63, 3.8) is 0 Å². The van der Waals surface area contributed by atoms with E-state index in [2.05, 4.69) is 21.2 Å². The van der Waals surface area contributed by atoms with E-state index in [1.807, 2.05) is 24.3 Å². The second-order valence-electron chi connectivity index (χ2n) is 3.34. The Hall–Kier alpha value is -0.380. The molecule has 1 aromatic rings. The molecule has 0 bridgehead atoms. The molecule has 1 heterocycles. The van der Waals surface area contributed by atoms with Gasteiger partial charge in [-0.1, -0.05) is 28.1 Å². The lowest BCUT2D eigenvalue weighted by atomic mass is 10.0. The predicted molar refractivity (Wildman–Crippen MR) is 55.5 cm³/mol. The zero-order valence-corrected chi connectivity index (χ0v) is 8.79. The van der Waals surface area contributed by atoms with Gasteiger partial charge in [0.25, 0.3) is 0 Å². The molecule has 13 heavy (non-hydrogen) atoms. The molecular formula is C10H12BrNO. The fourth-order valence-electron chi connectivity index (χ4n) is 1.70. The standard InChI is InChI=1S/C10H12BrNO/c11-8-3-1-7(2-4-8)10-9(13)5-6-12-10/h1-4,9-10,12-13H,5-6H2/t9-,10-/m0/s1. The predicted octanol–water partition coefficient (Wildman–Crippen LogP) is 1.84. The Morgan fingerprint density at radius 3 is 2.54 bits per heavy atom. The van der Waals surface area contributed by atoms with Gasteiger partial charge >= 0.3 is 0 Å². The molecule has 0 spiro atoms. The molecule has 0 aromatic heterocycles. The first kappa shape index (κ1) is 9.19. The van der Waals surface area contributed by atoms with Gasteiger partial charge in [-0.3, -0.25) is 0 Å². The van der Waals surface area contributed by atoms with Crippen molar-refractivity contribution in [2.75, 3.05) is 6.54 Å². The van der Waals surface area contributed by atoms with Crippen molar-refractivity contribution in [1.29, 1.82) is 0 Å². The Labute approximate surface area is 86.1 Å². The van der Waals surface area contributed by atoms with Gasteiger partial charge in [-0.2, -0.15) is 0 Å². The zero-order chi connectivity index (χ0) is 9.26. The fourth-order valence-corrected chi connectivity index (χ4v) is 1.96. The Balaban J connectivity index is 2.20. The Morgan fingerprint density at radius 2 is 2.00 bits per heavy atom. The first-order chi connectivity index (χ1) is 6.27. The molecule has 1 saturated heterocycles. The Bertz CT molecular complexity index is 285. The summed E-state index contributed by atoms with van der Waals surface area (Å²) in [6, 6.07) is 8.20. The lowest BCUT2D eigenvalue weighted by molar-refractivity contribution is 0.160. The second kappa shape index (κ2) is 3.78. The molecule has 2 rings (SSSR count). The number of hydrogen-bond donors (Lipinski definition) is 2. The van der Waals surface area contributed by atoms with E-state index in [1.165, 1.54) is 0 Å². The monoisotopic (exact) mass is 241 g/mol. The van der Waals surface area contributed by atoms with Crippen LogP contribution in [0.4, 0.5) is 0 Å². The summed E-state index contributed by atoms with van der Waals surface area (Å²) < 4.78 is 1.07. The molecular weight excluding hydrogens is 230 g/mol. The summed E-state index contributed by atoms with van der Waals surface area (Å²) in [5.74, 6) is 0. The van der Waals surface area contributed by atoms with Gasteiger partial charge in [0, 0.05) is 4.47 Å².